The van der Waals surface area contributed by atoms with Crippen LogP contribution < -0.4 is 0 Å². The zero-order valence-corrected chi connectivity index (χ0v) is 13.4. The molecular formula is C14H19N6O2+. The maximum atomic E-state index is 12.5. The summed E-state index contributed by atoms with van der Waals surface area (Å²) in [5.41, 5.74) is 1.81. The molecule has 3 rings (SSSR count). The van der Waals surface area contributed by atoms with Gasteiger partial charge in [-0.2, -0.15) is 0 Å². The molecule has 0 N–H and O–H groups in total. The smallest absolute Gasteiger partial charge is 0.270 e. The van der Waals surface area contributed by atoms with Gasteiger partial charge in [0, 0.05) is 14.1 Å². The Labute approximate surface area is 128 Å². The van der Waals surface area contributed by atoms with E-state index in [1.54, 1.807) is 11.7 Å². The molecular weight excluding hydrogens is 284 g/mol. The van der Waals surface area contributed by atoms with Gasteiger partial charge < -0.3 is 0 Å². The summed E-state index contributed by atoms with van der Waals surface area (Å²) in [7, 11) is 3.13. The summed E-state index contributed by atoms with van der Waals surface area (Å²) >= 11 is 0. The average molecular weight is 303 g/mol. The minimum absolute atomic E-state index is 0.264. The largest absolute Gasteiger partial charge is 0.421 e. The van der Waals surface area contributed by atoms with Gasteiger partial charge in [0.15, 0.2) is 0 Å². The van der Waals surface area contributed by atoms with Crippen molar-refractivity contribution in [2.75, 3.05) is 20.6 Å². The highest BCUT2D eigenvalue weighted by molar-refractivity contribution is 6.22. The number of aryl methyl sites for hydroxylation is 2. The Morgan fingerprint density at radius 2 is 1.91 bits per heavy atom. The highest BCUT2D eigenvalue weighted by atomic mass is 16.2. The van der Waals surface area contributed by atoms with Crippen molar-refractivity contribution in [3.63, 3.8) is 0 Å². The average Bonchev–Trinajstić information content (AvgIpc) is 3.02. The fourth-order valence-corrected chi connectivity index (χ4v) is 2.91. The topological polar surface area (TPSA) is 73.8 Å². The van der Waals surface area contributed by atoms with Gasteiger partial charge in [0.1, 0.15) is 5.69 Å². The molecule has 3 heterocycles. The normalized spacial score (nSPS) is 21.7. The summed E-state index contributed by atoms with van der Waals surface area (Å²) in [5.74, 6) is 0.772. The third-order valence-corrected chi connectivity index (χ3v) is 4.05. The van der Waals surface area contributed by atoms with Gasteiger partial charge >= 0.3 is 12.0 Å². The van der Waals surface area contributed by atoms with Crippen molar-refractivity contribution in [3.8, 4) is 0 Å². The van der Waals surface area contributed by atoms with Crippen LogP contribution in [0.25, 0.3) is 0 Å². The molecule has 0 aromatic carbocycles. The van der Waals surface area contributed by atoms with Gasteiger partial charge in [0.25, 0.3) is 5.91 Å². The standard InChI is InChI=1S/C14H19N6O2/c1-6-19-10-11(17(4)14(22)18(5)12(10)21)15-13(19)20-9(3)7-8(2)16-20/h7,10H,6H2,1-5H3/q+1. The van der Waals surface area contributed by atoms with Crippen molar-refractivity contribution in [3.05, 3.63) is 17.5 Å². The third kappa shape index (κ3) is 1.79. The van der Waals surface area contributed by atoms with Gasteiger partial charge in [0.2, 0.25) is 11.9 Å². The molecule has 22 heavy (non-hydrogen) atoms. The molecule has 2 aliphatic heterocycles. The van der Waals surface area contributed by atoms with Crippen LogP contribution >= 0.6 is 0 Å². The Balaban J connectivity index is 2.18. The quantitative estimate of drug-likeness (QED) is 0.688. The molecule has 0 spiro atoms. The van der Waals surface area contributed by atoms with Gasteiger partial charge in [-0.05, 0) is 26.8 Å². The molecule has 3 amide bonds. The molecule has 8 nitrogen and oxygen atoms in total. The van der Waals surface area contributed by atoms with Crippen molar-refractivity contribution in [1.29, 1.82) is 0 Å². The number of fused-ring (bicyclic) bond motifs is 1. The first-order valence-corrected chi connectivity index (χ1v) is 7.17. The van der Waals surface area contributed by atoms with Gasteiger partial charge in [-0.25, -0.2) is 9.37 Å². The minimum atomic E-state index is -0.573. The summed E-state index contributed by atoms with van der Waals surface area (Å²) < 4.78 is 3.59. The number of imide groups is 1. The number of carbonyl (C=O) groups excluding carboxylic acids is 2. The highest BCUT2D eigenvalue weighted by Crippen LogP contribution is 2.19. The van der Waals surface area contributed by atoms with E-state index in [9.17, 15) is 9.59 Å². The Morgan fingerprint density at radius 3 is 2.45 bits per heavy atom. The molecule has 1 atom stereocenters. The number of rotatable bonds is 1. The van der Waals surface area contributed by atoms with E-state index in [1.807, 2.05) is 31.4 Å². The summed E-state index contributed by atoms with van der Waals surface area (Å²) in [5, 5.41) is 4.44. The molecule has 0 radical (unpaired) electrons. The number of amidine groups is 1. The predicted octanol–water partition coefficient (Wildman–Crippen LogP) is 0.0409. The number of hydrogen-bond acceptors (Lipinski definition) is 4. The number of carbonyl (C=O) groups is 2. The molecule has 1 fully saturated rings. The van der Waals surface area contributed by atoms with E-state index in [2.05, 4.69) is 10.1 Å². The Bertz CT molecular complexity index is 745. The van der Waals surface area contributed by atoms with E-state index in [1.165, 1.54) is 11.9 Å². The Kier molecular flexibility index (Phi) is 3.12. The highest BCUT2D eigenvalue weighted by Gasteiger charge is 2.51. The first-order valence-electron chi connectivity index (χ1n) is 7.17. The van der Waals surface area contributed by atoms with Crippen molar-refractivity contribution < 1.29 is 14.2 Å². The fraction of sp³-hybridized carbons (Fsp3) is 0.500. The van der Waals surface area contributed by atoms with Crippen molar-refractivity contribution in [2.24, 2.45) is 4.99 Å². The molecule has 2 aliphatic rings. The lowest BCUT2D eigenvalue weighted by atomic mass is 10.1. The van der Waals surface area contributed by atoms with Crippen molar-refractivity contribution >= 4 is 23.7 Å². The van der Waals surface area contributed by atoms with Crippen LogP contribution in [-0.2, 0) is 4.79 Å². The first-order chi connectivity index (χ1) is 10.4. The lowest BCUT2D eigenvalue weighted by molar-refractivity contribution is -0.533. The van der Waals surface area contributed by atoms with Gasteiger partial charge in [0.05, 0.1) is 12.2 Å². The van der Waals surface area contributed by atoms with E-state index < -0.39 is 6.04 Å². The summed E-state index contributed by atoms with van der Waals surface area (Å²) in [6.07, 6.45) is 0. The Hall–Kier alpha value is -2.51. The molecule has 0 bridgehead atoms. The summed E-state index contributed by atoms with van der Waals surface area (Å²) in [6, 6.07) is 1.01. The summed E-state index contributed by atoms with van der Waals surface area (Å²) in [4.78, 5) is 31.7. The van der Waals surface area contributed by atoms with Crippen molar-refractivity contribution in [2.45, 2.75) is 26.8 Å². The number of amides is 3. The van der Waals surface area contributed by atoms with Crippen LogP contribution in [0.15, 0.2) is 11.1 Å². The molecule has 8 heteroatoms. The third-order valence-electron chi connectivity index (χ3n) is 4.05. The van der Waals surface area contributed by atoms with Crippen LogP contribution in [0.1, 0.15) is 18.3 Å². The molecule has 116 valence electrons. The van der Waals surface area contributed by atoms with E-state index in [0.717, 1.165) is 16.3 Å². The van der Waals surface area contributed by atoms with Crippen LogP contribution in [0.3, 0.4) is 0 Å². The lowest BCUT2D eigenvalue weighted by Gasteiger charge is -2.31. The fourth-order valence-electron chi connectivity index (χ4n) is 2.91. The second-order valence-corrected chi connectivity index (χ2v) is 5.54. The molecule has 1 saturated heterocycles. The monoisotopic (exact) mass is 303 g/mol. The number of nitrogens with zero attached hydrogens (tertiary/aromatic N) is 6. The van der Waals surface area contributed by atoms with Crippen LogP contribution in [0.5, 0.6) is 0 Å². The van der Waals surface area contributed by atoms with Crippen molar-refractivity contribution in [1.82, 2.24) is 19.6 Å². The number of urea groups is 1. The van der Waals surface area contributed by atoms with Gasteiger partial charge in [-0.1, -0.05) is 4.99 Å². The zero-order chi connectivity index (χ0) is 16.2. The second kappa shape index (κ2) is 4.75. The molecule has 1 aromatic rings. The first kappa shape index (κ1) is 14.4. The maximum Gasteiger partial charge on any atom is 0.421 e. The molecule has 1 aromatic heterocycles. The van der Waals surface area contributed by atoms with Crippen LogP contribution in [0, 0.1) is 13.8 Å². The van der Waals surface area contributed by atoms with Crippen LogP contribution in [0.4, 0.5) is 4.79 Å². The number of aromatic nitrogens is 2. The van der Waals surface area contributed by atoms with Crippen LogP contribution in [0.2, 0.25) is 0 Å². The van der Waals surface area contributed by atoms with Gasteiger partial charge in [-0.3, -0.25) is 14.6 Å². The second-order valence-electron chi connectivity index (χ2n) is 5.54. The van der Waals surface area contributed by atoms with E-state index in [4.69, 9.17) is 0 Å². The summed E-state index contributed by atoms with van der Waals surface area (Å²) in [6.45, 7) is 6.39. The zero-order valence-electron chi connectivity index (χ0n) is 13.4. The maximum absolute atomic E-state index is 12.5. The number of hydrogen-bond donors (Lipinski definition) is 0. The Morgan fingerprint density at radius 1 is 1.23 bits per heavy atom. The molecule has 1 unspecified atom stereocenters. The van der Waals surface area contributed by atoms with Crippen LogP contribution in [-0.4, -0.2) is 74.6 Å². The molecule has 0 aliphatic carbocycles. The number of likely N-dealkylation sites (N-methyl/N-ethyl adjacent to an activating group) is 3. The predicted molar refractivity (Wildman–Crippen MR) is 80.1 cm³/mol. The number of aliphatic imine (C=N–C) groups is 1. The van der Waals surface area contributed by atoms with E-state index >= 15 is 0 Å². The minimum Gasteiger partial charge on any atom is -0.270 e. The van der Waals surface area contributed by atoms with E-state index in [-0.39, 0.29) is 11.9 Å². The molecule has 0 saturated carbocycles. The SMILES string of the molecule is CC[N+]1=C(n2nc(C)cc2C)N=C2C1C(=O)N(C)C(=O)N2C. The lowest BCUT2D eigenvalue weighted by Crippen LogP contribution is -2.61. The van der Waals surface area contributed by atoms with Gasteiger partial charge in [-0.15, -0.1) is 9.78 Å². The van der Waals surface area contributed by atoms with E-state index in [0.29, 0.717) is 18.3 Å².